The van der Waals surface area contributed by atoms with Crippen LogP contribution in [0.25, 0.3) is 10.8 Å². The molecule has 0 spiro atoms. The zero-order valence-corrected chi connectivity index (χ0v) is 22.1. The third-order valence-corrected chi connectivity index (χ3v) is 7.44. The molecule has 0 aliphatic carbocycles. The zero-order valence-electron chi connectivity index (χ0n) is 22.1. The lowest BCUT2D eigenvalue weighted by Crippen LogP contribution is -2.23. The van der Waals surface area contributed by atoms with Gasteiger partial charge < -0.3 is 4.90 Å². The maximum Gasteiger partial charge on any atom is -0.00190 e. The summed E-state index contributed by atoms with van der Waals surface area (Å²) in [7, 11) is 0. The van der Waals surface area contributed by atoms with Crippen LogP contribution in [0.15, 0.2) is 42.5 Å². The molecule has 1 nitrogen and oxygen atoms in total. The summed E-state index contributed by atoms with van der Waals surface area (Å²) in [5.74, 6) is 0. The lowest BCUT2D eigenvalue weighted by atomic mass is 9.99. The van der Waals surface area contributed by atoms with Gasteiger partial charge in [-0.2, -0.15) is 0 Å². The predicted octanol–water partition coefficient (Wildman–Crippen LogP) is 9.97. The van der Waals surface area contributed by atoms with Crippen LogP contribution in [0.2, 0.25) is 0 Å². The normalized spacial score (nSPS) is 11.6. The third kappa shape index (κ3) is 12.6. The average molecular weight is 452 g/mol. The summed E-state index contributed by atoms with van der Waals surface area (Å²) in [4.78, 5) is 2.55. The highest BCUT2D eigenvalue weighted by Gasteiger charge is 2.01. The number of rotatable bonds is 21. The van der Waals surface area contributed by atoms with Crippen LogP contribution >= 0.6 is 0 Å². The van der Waals surface area contributed by atoms with E-state index in [0.717, 1.165) is 0 Å². The van der Waals surface area contributed by atoms with Crippen molar-refractivity contribution in [3.8, 4) is 0 Å². The van der Waals surface area contributed by atoms with Gasteiger partial charge in [0.25, 0.3) is 0 Å². The highest BCUT2D eigenvalue weighted by molar-refractivity contribution is 5.85. The van der Waals surface area contributed by atoms with Crippen LogP contribution in [0, 0.1) is 0 Å². The molecule has 0 aliphatic rings. The Hall–Kier alpha value is -1.34. The first-order valence-electron chi connectivity index (χ1n) is 14.5. The summed E-state index contributed by atoms with van der Waals surface area (Å²) >= 11 is 0. The quantitative estimate of drug-likeness (QED) is 0.171. The highest BCUT2D eigenvalue weighted by atomic mass is 15.1. The van der Waals surface area contributed by atoms with E-state index in [1.165, 1.54) is 145 Å². The molecule has 0 saturated heterocycles. The van der Waals surface area contributed by atoms with Gasteiger partial charge in [0.2, 0.25) is 0 Å². The average Bonchev–Trinajstić information content (AvgIpc) is 2.85. The van der Waals surface area contributed by atoms with E-state index < -0.39 is 0 Å². The Morgan fingerprint density at radius 1 is 0.485 bits per heavy atom. The molecule has 2 rings (SSSR count). The standard InChI is InChI=1S/C32H53N/c1-3-33(4-2)29-22-18-16-14-12-10-8-6-5-7-9-11-13-15-17-19-24-30-26-23-27-31-25-20-21-28-32(30)31/h20-21,23,25-28H,3-19,22,24,29H2,1-2H3. The second-order valence-corrected chi connectivity index (χ2v) is 10.1. The van der Waals surface area contributed by atoms with Gasteiger partial charge in [-0.1, -0.05) is 146 Å². The molecule has 0 atom stereocenters. The summed E-state index contributed by atoms with van der Waals surface area (Å²) < 4.78 is 0. The Labute approximate surface area is 206 Å². The van der Waals surface area contributed by atoms with E-state index in [4.69, 9.17) is 0 Å². The van der Waals surface area contributed by atoms with Crippen LogP contribution in [-0.4, -0.2) is 24.5 Å². The first-order valence-corrected chi connectivity index (χ1v) is 14.5. The Morgan fingerprint density at radius 3 is 1.48 bits per heavy atom. The molecule has 33 heavy (non-hydrogen) atoms. The van der Waals surface area contributed by atoms with Crippen molar-refractivity contribution in [2.45, 2.75) is 123 Å². The lowest BCUT2D eigenvalue weighted by Gasteiger charge is -2.17. The molecule has 0 bridgehead atoms. The fraction of sp³-hybridized carbons (Fsp3) is 0.688. The molecule has 0 aliphatic heterocycles. The Kier molecular flexibility index (Phi) is 16.1. The Balaban J connectivity index is 1.31. The van der Waals surface area contributed by atoms with Gasteiger partial charge in [-0.05, 0) is 55.2 Å². The van der Waals surface area contributed by atoms with Crippen molar-refractivity contribution in [3.63, 3.8) is 0 Å². The van der Waals surface area contributed by atoms with E-state index in [9.17, 15) is 0 Å². The van der Waals surface area contributed by atoms with Gasteiger partial charge >= 0.3 is 0 Å². The fourth-order valence-corrected chi connectivity index (χ4v) is 5.18. The van der Waals surface area contributed by atoms with Crippen LogP contribution in [0.4, 0.5) is 0 Å². The van der Waals surface area contributed by atoms with Crippen molar-refractivity contribution in [1.82, 2.24) is 4.90 Å². The molecule has 2 aromatic carbocycles. The first kappa shape index (κ1) is 27.9. The second kappa shape index (κ2) is 19.0. The molecule has 0 saturated carbocycles. The topological polar surface area (TPSA) is 3.24 Å². The van der Waals surface area contributed by atoms with E-state index >= 15 is 0 Å². The SMILES string of the molecule is CCN(CC)CCCCCCCCCCCCCCCCCCc1cccc2ccccc12. The minimum Gasteiger partial charge on any atom is -0.304 e. The smallest absolute Gasteiger partial charge is 0.00190 e. The second-order valence-electron chi connectivity index (χ2n) is 10.1. The Morgan fingerprint density at radius 2 is 0.939 bits per heavy atom. The number of benzene rings is 2. The summed E-state index contributed by atoms with van der Waals surface area (Å²) in [5, 5.41) is 2.84. The number of unbranched alkanes of at least 4 members (excludes halogenated alkanes) is 15. The van der Waals surface area contributed by atoms with E-state index in [-0.39, 0.29) is 0 Å². The Bertz CT molecular complexity index is 697. The molecule has 0 unspecified atom stereocenters. The van der Waals surface area contributed by atoms with Gasteiger partial charge in [0.1, 0.15) is 0 Å². The van der Waals surface area contributed by atoms with Gasteiger partial charge in [0.15, 0.2) is 0 Å². The molecule has 186 valence electrons. The third-order valence-electron chi connectivity index (χ3n) is 7.44. The molecule has 2 aromatic rings. The largest absolute Gasteiger partial charge is 0.304 e. The molecule has 0 fully saturated rings. The van der Waals surface area contributed by atoms with E-state index in [1.54, 1.807) is 0 Å². The van der Waals surface area contributed by atoms with Gasteiger partial charge in [0, 0.05) is 0 Å². The number of fused-ring (bicyclic) bond motifs is 1. The molecule has 0 amide bonds. The van der Waals surface area contributed by atoms with Gasteiger partial charge in [-0.15, -0.1) is 0 Å². The van der Waals surface area contributed by atoms with E-state index in [2.05, 4.69) is 61.2 Å². The number of hydrogen-bond donors (Lipinski definition) is 0. The van der Waals surface area contributed by atoms with Crippen LogP contribution in [0.1, 0.15) is 122 Å². The lowest BCUT2D eigenvalue weighted by molar-refractivity contribution is 0.295. The van der Waals surface area contributed by atoms with Gasteiger partial charge in [-0.3, -0.25) is 0 Å². The first-order chi connectivity index (χ1) is 16.3. The monoisotopic (exact) mass is 451 g/mol. The van der Waals surface area contributed by atoms with E-state index in [0.29, 0.717) is 0 Å². The summed E-state index contributed by atoms with van der Waals surface area (Å²) in [5.41, 5.74) is 1.53. The number of aryl methyl sites for hydroxylation is 1. The van der Waals surface area contributed by atoms with Crippen molar-refractivity contribution in [1.29, 1.82) is 0 Å². The van der Waals surface area contributed by atoms with Crippen molar-refractivity contribution < 1.29 is 0 Å². The molecule has 0 aromatic heterocycles. The fourth-order valence-electron chi connectivity index (χ4n) is 5.18. The van der Waals surface area contributed by atoms with Crippen molar-refractivity contribution >= 4 is 10.8 Å². The maximum absolute atomic E-state index is 2.55. The molecule has 0 radical (unpaired) electrons. The van der Waals surface area contributed by atoms with Crippen LogP contribution in [0.5, 0.6) is 0 Å². The molecular weight excluding hydrogens is 398 g/mol. The van der Waals surface area contributed by atoms with Crippen LogP contribution < -0.4 is 0 Å². The van der Waals surface area contributed by atoms with Crippen LogP contribution in [0.3, 0.4) is 0 Å². The van der Waals surface area contributed by atoms with Gasteiger partial charge in [-0.25, -0.2) is 0 Å². The summed E-state index contributed by atoms with van der Waals surface area (Å²) in [6.45, 7) is 8.28. The molecule has 0 heterocycles. The van der Waals surface area contributed by atoms with Crippen LogP contribution in [-0.2, 0) is 6.42 Å². The minimum absolute atomic E-state index is 1.21. The van der Waals surface area contributed by atoms with Crippen molar-refractivity contribution in [3.05, 3.63) is 48.0 Å². The predicted molar refractivity (Wildman–Crippen MR) is 149 cm³/mol. The molecule has 0 N–H and O–H groups in total. The zero-order chi connectivity index (χ0) is 23.4. The van der Waals surface area contributed by atoms with Gasteiger partial charge in [0.05, 0.1) is 0 Å². The maximum atomic E-state index is 2.55. The summed E-state index contributed by atoms with van der Waals surface area (Å²) in [6, 6.07) is 15.6. The summed E-state index contributed by atoms with van der Waals surface area (Å²) in [6.07, 6.45) is 24.2. The minimum atomic E-state index is 1.21. The molecule has 1 heteroatoms. The van der Waals surface area contributed by atoms with E-state index in [1.807, 2.05) is 0 Å². The highest BCUT2D eigenvalue weighted by Crippen LogP contribution is 2.21. The van der Waals surface area contributed by atoms with Crippen molar-refractivity contribution in [2.75, 3.05) is 19.6 Å². The number of hydrogen-bond acceptors (Lipinski definition) is 1. The number of nitrogens with zero attached hydrogens (tertiary/aromatic N) is 1. The van der Waals surface area contributed by atoms with Crippen molar-refractivity contribution in [2.24, 2.45) is 0 Å². The molecular formula is C32H53N.